The van der Waals surface area contributed by atoms with Crippen LogP contribution in [0.1, 0.15) is 18.0 Å². The second-order valence-corrected chi connectivity index (χ2v) is 5.77. The highest BCUT2D eigenvalue weighted by Gasteiger charge is 2.25. The van der Waals surface area contributed by atoms with E-state index in [1.54, 1.807) is 16.7 Å². The van der Waals surface area contributed by atoms with Gasteiger partial charge in [0.2, 0.25) is 0 Å². The van der Waals surface area contributed by atoms with Gasteiger partial charge in [-0.1, -0.05) is 6.07 Å². The summed E-state index contributed by atoms with van der Waals surface area (Å²) in [6.07, 6.45) is 6.70. The molecule has 3 aromatic heterocycles. The summed E-state index contributed by atoms with van der Waals surface area (Å²) in [5, 5.41) is 4.40. The molecule has 1 saturated heterocycles. The summed E-state index contributed by atoms with van der Waals surface area (Å²) in [7, 11) is 0. The monoisotopic (exact) mass is 295 g/mol. The third-order valence-corrected chi connectivity index (χ3v) is 4.15. The van der Waals surface area contributed by atoms with E-state index in [1.807, 2.05) is 36.0 Å². The number of nitrogens with zero attached hydrogens (tertiary/aromatic N) is 5. The number of pyridine rings is 1. The standard InChI is InChI=1S/C16H17N5O/c1-12-9-17-21(10-12)13-5-7-19(11-13)15-8-16(22)20-6-3-2-4-14(20)18-15/h2-4,6,8-10,13H,5,7,11H2,1H3. The summed E-state index contributed by atoms with van der Waals surface area (Å²) in [5.41, 5.74) is 1.81. The van der Waals surface area contributed by atoms with Crippen LogP contribution in [0.3, 0.4) is 0 Å². The molecule has 0 saturated carbocycles. The molecule has 1 fully saturated rings. The molecule has 22 heavy (non-hydrogen) atoms. The van der Waals surface area contributed by atoms with Crippen LogP contribution < -0.4 is 10.5 Å². The van der Waals surface area contributed by atoms with Gasteiger partial charge >= 0.3 is 0 Å². The molecule has 0 amide bonds. The van der Waals surface area contributed by atoms with Gasteiger partial charge in [-0.2, -0.15) is 5.10 Å². The predicted octanol–water partition coefficient (Wildman–Crippen LogP) is 1.65. The van der Waals surface area contributed by atoms with Gasteiger partial charge in [-0.3, -0.25) is 13.9 Å². The Hall–Kier alpha value is -2.63. The van der Waals surface area contributed by atoms with Gasteiger partial charge in [-0.25, -0.2) is 4.98 Å². The first-order chi connectivity index (χ1) is 10.7. The van der Waals surface area contributed by atoms with Crippen LogP contribution in [0, 0.1) is 6.92 Å². The Morgan fingerprint density at radius 3 is 3.05 bits per heavy atom. The summed E-state index contributed by atoms with van der Waals surface area (Å²) in [6, 6.07) is 7.54. The molecule has 0 spiro atoms. The molecule has 0 aliphatic carbocycles. The van der Waals surface area contributed by atoms with Crippen molar-refractivity contribution in [2.45, 2.75) is 19.4 Å². The zero-order valence-corrected chi connectivity index (χ0v) is 12.4. The molecule has 0 N–H and O–H groups in total. The van der Waals surface area contributed by atoms with E-state index >= 15 is 0 Å². The van der Waals surface area contributed by atoms with E-state index in [-0.39, 0.29) is 5.56 Å². The lowest BCUT2D eigenvalue weighted by molar-refractivity contribution is 0.494. The van der Waals surface area contributed by atoms with Gasteiger partial charge in [0.05, 0.1) is 12.2 Å². The Morgan fingerprint density at radius 1 is 1.32 bits per heavy atom. The van der Waals surface area contributed by atoms with Crippen LogP contribution in [0.5, 0.6) is 0 Å². The summed E-state index contributed by atoms with van der Waals surface area (Å²) in [6.45, 7) is 3.76. The van der Waals surface area contributed by atoms with E-state index in [0.717, 1.165) is 25.3 Å². The van der Waals surface area contributed by atoms with Crippen LogP contribution in [0.2, 0.25) is 0 Å². The Labute approximate surface area is 127 Å². The largest absolute Gasteiger partial charge is 0.354 e. The second kappa shape index (κ2) is 4.98. The SMILES string of the molecule is Cc1cnn(C2CCN(c3cc(=O)n4ccccc4n3)C2)c1. The predicted molar refractivity (Wildman–Crippen MR) is 84.3 cm³/mol. The molecular formula is C16H17N5O. The minimum Gasteiger partial charge on any atom is -0.354 e. The Balaban J connectivity index is 1.64. The third-order valence-electron chi connectivity index (χ3n) is 4.15. The van der Waals surface area contributed by atoms with Crippen LogP contribution in [-0.4, -0.2) is 32.3 Å². The number of aryl methyl sites for hydroxylation is 1. The van der Waals surface area contributed by atoms with Crippen LogP contribution in [0.15, 0.2) is 47.7 Å². The maximum atomic E-state index is 12.2. The zero-order valence-electron chi connectivity index (χ0n) is 12.4. The average Bonchev–Trinajstić information content (AvgIpc) is 3.16. The van der Waals surface area contributed by atoms with Gasteiger partial charge in [0.25, 0.3) is 5.56 Å². The first kappa shape index (κ1) is 13.1. The number of aromatic nitrogens is 4. The van der Waals surface area contributed by atoms with Gasteiger partial charge in [0.1, 0.15) is 11.5 Å². The van der Waals surface area contributed by atoms with Crippen LogP contribution in [-0.2, 0) is 0 Å². The lowest BCUT2D eigenvalue weighted by atomic mass is 10.3. The number of anilines is 1. The van der Waals surface area contributed by atoms with E-state index in [0.29, 0.717) is 11.7 Å². The first-order valence-corrected chi connectivity index (χ1v) is 7.45. The normalized spacial score (nSPS) is 18.2. The highest BCUT2D eigenvalue weighted by Crippen LogP contribution is 2.25. The third kappa shape index (κ3) is 2.16. The van der Waals surface area contributed by atoms with Crippen molar-refractivity contribution in [2.24, 2.45) is 0 Å². The summed E-state index contributed by atoms with van der Waals surface area (Å²) in [5.74, 6) is 0.752. The molecule has 4 heterocycles. The van der Waals surface area contributed by atoms with E-state index in [2.05, 4.69) is 21.2 Å². The number of hydrogen-bond donors (Lipinski definition) is 0. The average molecular weight is 295 g/mol. The molecule has 0 aromatic carbocycles. The molecule has 6 nitrogen and oxygen atoms in total. The molecule has 6 heteroatoms. The van der Waals surface area contributed by atoms with Crippen molar-refractivity contribution in [1.29, 1.82) is 0 Å². The topological polar surface area (TPSA) is 55.4 Å². The summed E-state index contributed by atoms with van der Waals surface area (Å²) >= 11 is 0. The maximum Gasteiger partial charge on any atom is 0.259 e. The lowest BCUT2D eigenvalue weighted by Gasteiger charge is -2.17. The van der Waals surface area contributed by atoms with Crippen molar-refractivity contribution in [3.63, 3.8) is 0 Å². The molecule has 1 aliphatic heterocycles. The molecule has 112 valence electrons. The van der Waals surface area contributed by atoms with Gasteiger partial charge in [0.15, 0.2) is 0 Å². The zero-order chi connectivity index (χ0) is 15.1. The Morgan fingerprint density at radius 2 is 2.23 bits per heavy atom. The van der Waals surface area contributed by atoms with Crippen molar-refractivity contribution >= 4 is 11.5 Å². The lowest BCUT2D eigenvalue weighted by Crippen LogP contribution is -2.25. The minimum atomic E-state index is -0.0426. The number of rotatable bonds is 2. The molecule has 1 atom stereocenters. The van der Waals surface area contributed by atoms with Crippen molar-refractivity contribution in [3.05, 3.63) is 58.8 Å². The summed E-state index contributed by atoms with van der Waals surface area (Å²) < 4.78 is 3.58. The first-order valence-electron chi connectivity index (χ1n) is 7.45. The highest BCUT2D eigenvalue weighted by molar-refractivity contribution is 5.48. The van der Waals surface area contributed by atoms with E-state index in [9.17, 15) is 4.79 Å². The molecule has 1 aliphatic rings. The van der Waals surface area contributed by atoms with E-state index in [4.69, 9.17) is 0 Å². The van der Waals surface area contributed by atoms with Crippen molar-refractivity contribution in [1.82, 2.24) is 19.2 Å². The molecule has 0 radical (unpaired) electrons. The second-order valence-electron chi connectivity index (χ2n) is 5.77. The van der Waals surface area contributed by atoms with Crippen molar-refractivity contribution in [2.75, 3.05) is 18.0 Å². The minimum absolute atomic E-state index is 0.0426. The van der Waals surface area contributed by atoms with Gasteiger partial charge in [0, 0.05) is 31.5 Å². The van der Waals surface area contributed by atoms with Crippen LogP contribution in [0.4, 0.5) is 5.82 Å². The molecule has 4 rings (SSSR count). The molecule has 3 aromatic rings. The van der Waals surface area contributed by atoms with Crippen molar-refractivity contribution in [3.8, 4) is 0 Å². The fourth-order valence-electron chi connectivity index (χ4n) is 3.00. The fourth-order valence-corrected chi connectivity index (χ4v) is 3.00. The van der Waals surface area contributed by atoms with Crippen LogP contribution in [0.25, 0.3) is 5.65 Å². The van der Waals surface area contributed by atoms with Gasteiger partial charge in [-0.15, -0.1) is 0 Å². The van der Waals surface area contributed by atoms with Gasteiger partial charge in [-0.05, 0) is 31.0 Å². The molecule has 1 unspecified atom stereocenters. The quantitative estimate of drug-likeness (QED) is 0.721. The Kier molecular flexibility index (Phi) is 2.96. The molecule has 0 bridgehead atoms. The van der Waals surface area contributed by atoms with Crippen molar-refractivity contribution < 1.29 is 0 Å². The Bertz CT molecular complexity index is 881. The number of fused-ring (bicyclic) bond motifs is 1. The fraction of sp³-hybridized carbons (Fsp3) is 0.312. The van der Waals surface area contributed by atoms with Crippen LogP contribution >= 0.6 is 0 Å². The summed E-state index contributed by atoms with van der Waals surface area (Å²) in [4.78, 5) is 19.0. The highest BCUT2D eigenvalue weighted by atomic mass is 16.1. The molecular weight excluding hydrogens is 278 g/mol. The van der Waals surface area contributed by atoms with E-state index < -0.39 is 0 Å². The van der Waals surface area contributed by atoms with Gasteiger partial charge < -0.3 is 4.90 Å². The van der Waals surface area contributed by atoms with E-state index in [1.165, 1.54) is 5.56 Å². The maximum absolute atomic E-state index is 12.2. The smallest absolute Gasteiger partial charge is 0.259 e. The number of hydrogen-bond acceptors (Lipinski definition) is 4.